The first-order valence-corrected chi connectivity index (χ1v) is 4.80. The molecule has 3 heteroatoms. The topological polar surface area (TPSA) is 0 Å². The van der Waals surface area contributed by atoms with E-state index in [4.69, 9.17) is 0 Å². The summed E-state index contributed by atoms with van der Waals surface area (Å²) in [7, 11) is 0. The molecule has 2 aromatic carbocycles. The molecule has 0 heterocycles. The lowest BCUT2D eigenvalue weighted by Gasteiger charge is -2.05. The van der Waals surface area contributed by atoms with Gasteiger partial charge in [-0.3, -0.25) is 0 Å². The lowest BCUT2D eigenvalue weighted by Crippen LogP contribution is -1.90. The lowest BCUT2D eigenvalue weighted by atomic mass is 10.0. The second-order valence-corrected chi connectivity index (χ2v) is 3.57. The molecule has 0 saturated heterocycles. The molecule has 0 aromatic heterocycles. The molecular formula is C13H9F3. The van der Waals surface area contributed by atoms with Crippen molar-refractivity contribution in [1.29, 1.82) is 0 Å². The minimum absolute atomic E-state index is 0.0684. The van der Waals surface area contributed by atoms with E-state index in [9.17, 15) is 13.2 Å². The summed E-state index contributed by atoms with van der Waals surface area (Å²) in [4.78, 5) is 0. The molecule has 0 aliphatic carbocycles. The van der Waals surface area contributed by atoms with Gasteiger partial charge in [-0.25, -0.2) is 13.2 Å². The Morgan fingerprint density at radius 3 is 2.31 bits per heavy atom. The summed E-state index contributed by atoms with van der Waals surface area (Å²) in [5.41, 5.74) is 0.875. The summed E-state index contributed by atoms with van der Waals surface area (Å²) >= 11 is 0. The number of aryl methyl sites for hydroxylation is 1. The van der Waals surface area contributed by atoms with Crippen molar-refractivity contribution in [2.24, 2.45) is 0 Å². The van der Waals surface area contributed by atoms with Gasteiger partial charge in [-0.15, -0.1) is 0 Å². The lowest BCUT2D eigenvalue weighted by molar-refractivity contribution is 0.511. The third kappa shape index (κ3) is 1.81. The van der Waals surface area contributed by atoms with E-state index in [1.165, 1.54) is 24.3 Å². The van der Waals surface area contributed by atoms with Crippen molar-refractivity contribution in [3.8, 4) is 11.1 Å². The zero-order valence-electron chi connectivity index (χ0n) is 8.60. The van der Waals surface area contributed by atoms with Crippen molar-refractivity contribution in [2.75, 3.05) is 0 Å². The predicted octanol–water partition coefficient (Wildman–Crippen LogP) is 4.08. The van der Waals surface area contributed by atoms with Gasteiger partial charge in [0.25, 0.3) is 0 Å². The van der Waals surface area contributed by atoms with Gasteiger partial charge in [-0.2, -0.15) is 0 Å². The maximum absolute atomic E-state index is 13.4. The maximum Gasteiger partial charge on any atom is 0.166 e. The van der Waals surface area contributed by atoms with Crippen LogP contribution in [-0.2, 0) is 0 Å². The van der Waals surface area contributed by atoms with E-state index >= 15 is 0 Å². The van der Waals surface area contributed by atoms with E-state index in [-0.39, 0.29) is 5.56 Å². The largest absolute Gasteiger partial charge is 0.207 e. The first-order valence-electron chi connectivity index (χ1n) is 4.80. The van der Waals surface area contributed by atoms with Crippen molar-refractivity contribution in [2.45, 2.75) is 6.92 Å². The van der Waals surface area contributed by atoms with E-state index < -0.39 is 17.5 Å². The van der Waals surface area contributed by atoms with Gasteiger partial charge in [0.05, 0.1) is 0 Å². The molecule has 0 aliphatic heterocycles. The Bertz CT molecular complexity index is 533. The number of benzene rings is 2. The zero-order chi connectivity index (χ0) is 11.7. The Kier molecular flexibility index (Phi) is 2.69. The van der Waals surface area contributed by atoms with E-state index in [2.05, 4.69) is 0 Å². The molecule has 0 radical (unpaired) electrons. The fourth-order valence-electron chi connectivity index (χ4n) is 1.49. The van der Waals surface area contributed by atoms with Gasteiger partial charge < -0.3 is 0 Å². The van der Waals surface area contributed by atoms with Crippen LogP contribution in [0.1, 0.15) is 5.56 Å². The van der Waals surface area contributed by atoms with Crippen LogP contribution in [0.5, 0.6) is 0 Å². The molecule has 16 heavy (non-hydrogen) atoms. The van der Waals surface area contributed by atoms with Crippen LogP contribution in [0.2, 0.25) is 0 Å². The second-order valence-electron chi connectivity index (χ2n) is 3.57. The molecule has 0 nitrogen and oxygen atoms in total. The highest BCUT2D eigenvalue weighted by Gasteiger charge is 2.10. The van der Waals surface area contributed by atoms with E-state index in [0.717, 1.165) is 6.07 Å². The highest BCUT2D eigenvalue weighted by Crippen LogP contribution is 2.25. The van der Waals surface area contributed by atoms with Crippen LogP contribution in [0.25, 0.3) is 11.1 Å². The summed E-state index contributed by atoms with van der Waals surface area (Å²) in [6.07, 6.45) is 0. The standard InChI is InChI=1S/C13H9F3/c1-8-5-6-9(7-12(8)15)10-3-2-4-11(14)13(10)16/h2-7H,1H3. The Hall–Kier alpha value is -1.77. The Morgan fingerprint density at radius 2 is 1.62 bits per heavy atom. The van der Waals surface area contributed by atoms with Gasteiger partial charge in [0.1, 0.15) is 5.82 Å². The smallest absolute Gasteiger partial charge is 0.166 e. The van der Waals surface area contributed by atoms with Crippen molar-refractivity contribution >= 4 is 0 Å². The molecule has 0 atom stereocenters. The molecule has 0 aliphatic rings. The normalized spacial score (nSPS) is 10.5. The van der Waals surface area contributed by atoms with Gasteiger partial charge >= 0.3 is 0 Å². The molecule has 0 saturated carbocycles. The highest BCUT2D eigenvalue weighted by atomic mass is 19.2. The zero-order valence-corrected chi connectivity index (χ0v) is 8.60. The summed E-state index contributed by atoms with van der Waals surface area (Å²) < 4.78 is 39.7. The third-order valence-corrected chi connectivity index (χ3v) is 2.43. The minimum atomic E-state index is -0.953. The first kappa shape index (κ1) is 10.7. The molecule has 0 unspecified atom stereocenters. The molecule has 82 valence electrons. The molecule has 0 fully saturated rings. The van der Waals surface area contributed by atoms with Crippen molar-refractivity contribution in [1.82, 2.24) is 0 Å². The number of hydrogen-bond acceptors (Lipinski definition) is 0. The van der Waals surface area contributed by atoms with Gasteiger partial charge in [-0.05, 0) is 30.2 Å². The van der Waals surface area contributed by atoms with Gasteiger partial charge in [0.2, 0.25) is 0 Å². The van der Waals surface area contributed by atoms with Crippen LogP contribution in [0.4, 0.5) is 13.2 Å². The second kappa shape index (κ2) is 4.00. The third-order valence-electron chi connectivity index (χ3n) is 2.43. The van der Waals surface area contributed by atoms with Gasteiger partial charge in [0.15, 0.2) is 11.6 Å². The number of hydrogen-bond donors (Lipinski definition) is 0. The summed E-state index contributed by atoms with van der Waals surface area (Å²) in [6.45, 7) is 1.61. The fraction of sp³-hybridized carbons (Fsp3) is 0.0769. The highest BCUT2D eigenvalue weighted by molar-refractivity contribution is 5.64. The summed E-state index contributed by atoms with van der Waals surface area (Å²) in [5, 5.41) is 0. The molecule has 0 spiro atoms. The number of halogens is 3. The minimum Gasteiger partial charge on any atom is -0.207 e. The summed E-state index contributed by atoms with van der Waals surface area (Å²) in [5.74, 6) is -2.31. The van der Waals surface area contributed by atoms with Crippen LogP contribution < -0.4 is 0 Å². The van der Waals surface area contributed by atoms with Crippen LogP contribution in [-0.4, -0.2) is 0 Å². The van der Waals surface area contributed by atoms with Gasteiger partial charge in [0, 0.05) is 5.56 Å². The maximum atomic E-state index is 13.4. The van der Waals surface area contributed by atoms with Crippen LogP contribution >= 0.6 is 0 Å². The van der Waals surface area contributed by atoms with E-state index in [1.54, 1.807) is 13.0 Å². The quantitative estimate of drug-likeness (QED) is 0.682. The molecule has 0 amide bonds. The SMILES string of the molecule is Cc1ccc(-c2cccc(F)c2F)cc1F. The van der Waals surface area contributed by atoms with E-state index in [0.29, 0.717) is 11.1 Å². The number of rotatable bonds is 1. The fourth-order valence-corrected chi connectivity index (χ4v) is 1.49. The average Bonchev–Trinajstić information content (AvgIpc) is 2.26. The first-order chi connectivity index (χ1) is 7.59. The predicted molar refractivity (Wildman–Crippen MR) is 56.5 cm³/mol. The monoisotopic (exact) mass is 222 g/mol. The van der Waals surface area contributed by atoms with Crippen molar-refractivity contribution in [3.63, 3.8) is 0 Å². The Labute approximate surface area is 91.4 Å². The van der Waals surface area contributed by atoms with Crippen LogP contribution in [0.3, 0.4) is 0 Å². The Balaban J connectivity index is 2.59. The van der Waals surface area contributed by atoms with Gasteiger partial charge in [-0.1, -0.05) is 24.3 Å². The van der Waals surface area contributed by atoms with Crippen LogP contribution in [0, 0.1) is 24.4 Å². The molecule has 2 aromatic rings. The molecule has 0 N–H and O–H groups in total. The van der Waals surface area contributed by atoms with E-state index in [1.807, 2.05) is 0 Å². The molecular weight excluding hydrogens is 213 g/mol. The Morgan fingerprint density at radius 1 is 0.875 bits per heavy atom. The summed E-state index contributed by atoms with van der Waals surface area (Å²) in [6, 6.07) is 8.15. The van der Waals surface area contributed by atoms with Crippen molar-refractivity contribution < 1.29 is 13.2 Å². The molecule has 2 rings (SSSR count). The van der Waals surface area contributed by atoms with Crippen molar-refractivity contribution in [3.05, 3.63) is 59.4 Å². The average molecular weight is 222 g/mol. The molecule has 0 bridgehead atoms. The van der Waals surface area contributed by atoms with Crippen LogP contribution in [0.15, 0.2) is 36.4 Å².